The van der Waals surface area contributed by atoms with Gasteiger partial charge in [0, 0.05) is 32.0 Å². The van der Waals surface area contributed by atoms with E-state index in [0.717, 1.165) is 5.56 Å². The maximum absolute atomic E-state index is 11.8. The lowest BCUT2D eigenvalue weighted by molar-refractivity contribution is -0.122. The Hall–Kier alpha value is -1.46. The first-order valence-electron chi connectivity index (χ1n) is 6.60. The van der Waals surface area contributed by atoms with Crippen LogP contribution in [0.1, 0.15) is 19.4 Å². The largest absolute Gasteiger partial charge is 0.395 e. The molecule has 1 heterocycles. The van der Waals surface area contributed by atoms with Crippen LogP contribution in [0.3, 0.4) is 0 Å². The zero-order valence-corrected chi connectivity index (χ0v) is 11.7. The summed E-state index contributed by atoms with van der Waals surface area (Å²) in [4.78, 5) is 17.7. The molecular weight excluding hydrogens is 242 g/mol. The van der Waals surface area contributed by atoms with Gasteiger partial charge in [0.15, 0.2) is 0 Å². The molecule has 0 atom stereocenters. The maximum Gasteiger partial charge on any atom is 0.234 e. The number of aliphatic hydroxyl groups excluding tert-OH is 1. The van der Waals surface area contributed by atoms with Crippen molar-refractivity contribution in [2.75, 3.05) is 26.2 Å². The third-order valence-electron chi connectivity index (χ3n) is 2.62. The summed E-state index contributed by atoms with van der Waals surface area (Å²) in [6, 6.07) is 3.83. The van der Waals surface area contributed by atoms with Gasteiger partial charge in [-0.2, -0.15) is 0 Å². The van der Waals surface area contributed by atoms with Gasteiger partial charge in [-0.05, 0) is 17.5 Å². The van der Waals surface area contributed by atoms with E-state index in [-0.39, 0.29) is 12.5 Å². The van der Waals surface area contributed by atoms with Gasteiger partial charge in [-0.15, -0.1) is 0 Å². The molecule has 106 valence electrons. The van der Waals surface area contributed by atoms with Crippen LogP contribution in [0.2, 0.25) is 0 Å². The van der Waals surface area contributed by atoms with Crippen molar-refractivity contribution in [3.8, 4) is 0 Å². The molecule has 19 heavy (non-hydrogen) atoms. The number of rotatable bonds is 8. The number of pyridine rings is 1. The van der Waals surface area contributed by atoms with Crippen molar-refractivity contribution in [3.63, 3.8) is 0 Å². The van der Waals surface area contributed by atoms with E-state index in [1.165, 1.54) is 0 Å². The van der Waals surface area contributed by atoms with Crippen LogP contribution in [0.4, 0.5) is 0 Å². The summed E-state index contributed by atoms with van der Waals surface area (Å²) in [7, 11) is 0. The molecule has 5 heteroatoms. The molecule has 1 rings (SSSR count). The van der Waals surface area contributed by atoms with Crippen LogP contribution in [-0.4, -0.2) is 47.1 Å². The number of carbonyl (C=O) groups is 1. The van der Waals surface area contributed by atoms with Gasteiger partial charge in [0.1, 0.15) is 0 Å². The van der Waals surface area contributed by atoms with Crippen LogP contribution in [0.25, 0.3) is 0 Å². The standard InChI is InChI=1S/C14H23N3O2/c1-12(2)8-16-14(19)11-17(6-7-18)10-13-4-3-5-15-9-13/h3-5,9,12,18H,6-8,10-11H2,1-2H3,(H,16,19). The molecule has 1 aromatic heterocycles. The SMILES string of the molecule is CC(C)CNC(=O)CN(CCO)Cc1cccnc1. The van der Waals surface area contributed by atoms with Crippen molar-refractivity contribution in [1.82, 2.24) is 15.2 Å². The average Bonchev–Trinajstić information content (AvgIpc) is 2.38. The highest BCUT2D eigenvalue weighted by Gasteiger charge is 2.11. The molecule has 1 aromatic rings. The summed E-state index contributed by atoms with van der Waals surface area (Å²) >= 11 is 0. The van der Waals surface area contributed by atoms with E-state index in [4.69, 9.17) is 5.11 Å². The highest BCUT2D eigenvalue weighted by Crippen LogP contribution is 2.02. The fourth-order valence-electron chi connectivity index (χ4n) is 1.68. The second-order valence-corrected chi connectivity index (χ2v) is 4.99. The van der Waals surface area contributed by atoms with E-state index in [1.54, 1.807) is 12.4 Å². The van der Waals surface area contributed by atoms with Gasteiger partial charge in [-0.3, -0.25) is 14.7 Å². The predicted molar refractivity (Wildman–Crippen MR) is 74.4 cm³/mol. The third kappa shape index (κ3) is 6.88. The van der Waals surface area contributed by atoms with Gasteiger partial charge in [0.25, 0.3) is 0 Å². The van der Waals surface area contributed by atoms with Gasteiger partial charge < -0.3 is 10.4 Å². The van der Waals surface area contributed by atoms with E-state index >= 15 is 0 Å². The summed E-state index contributed by atoms with van der Waals surface area (Å²) in [5.74, 6) is 0.430. The summed E-state index contributed by atoms with van der Waals surface area (Å²) in [5.41, 5.74) is 1.03. The number of hydrogen-bond donors (Lipinski definition) is 2. The minimum absolute atomic E-state index is 0.00830. The van der Waals surface area contributed by atoms with E-state index in [1.807, 2.05) is 17.0 Å². The van der Waals surface area contributed by atoms with E-state index in [9.17, 15) is 4.79 Å². The Morgan fingerprint density at radius 2 is 2.32 bits per heavy atom. The molecule has 0 aliphatic heterocycles. The molecule has 0 aliphatic carbocycles. The van der Waals surface area contributed by atoms with Crippen LogP contribution in [0.5, 0.6) is 0 Å². The van der Waals surface area contributed by atoms with Crippen LogP contribution in [0.15, 0.2) is 24.5 Å². The summed E-state index contributed by atoms with van der Waals surface area (Å²) in [6.07, 6.45) is 3.49. The molecule has 0 spiro atoms. The van der Waals surface area contributed by atoms with E-state index < -0.39 is 0 Å². The van der Waals surface area contributed by atoms with Gasteiger partial charge in [0.05, 0.1) is 13.2 Å². The number of aliphatic hydroxyl groups is 1. The topological polar surface area (TPSA) is 65.5 Å². The smallest absolute Gasteiger partial charge is 0.234 e. The van der Waals surface area contributed by atoms with Crippen molar-refractivity contribution >= 4 is 5.91 Å². The molecule has 0 bridgehead atoms. The highest BCUT2D eigenvalue weighted by molar-refractivity contribution is 5.77. The minimum atomic E-state index is -0.00830. The molecule has 5 nitrogen and oxygen atoms in total. The number of aromatic nitrogens is 1. The molecule has 0 fully saturated rings. The third-order valence-corrected chi connectivity index (χ3v) is 2.62. The van der Waals surface area contributed by atoms with Crippen molar-refractivity contribution < 1.29 is 9.90 Å². The highest BCUT2D eigenvalue weighted by atomic mass is 16.3. The summed E-state index contributed by atoms with van der Waals surface area (Å²) < 4.78 is 0. The van der Waals surface area contributed by atoms with Gasteiger partial charge in [0.2, 0.25) is 5.91 Å². The lowest BCUT2D eigenvalue weighted by atomic mass is 10.2. The Bertz CT molecular complexity index is 368. The first kappa shape index (κ1) is 15.6. The lowest BCUT2D eigenvalue weighted by Crippen LogP contribution is -2.39. The van der Waals surface area contributed by atoms with Gasteiger partial charge >= 0.3 is 0 Å². The van der Waals surface area contributed by atoms with E-state index in [0.29, 0.717) is 32.1 Å². The van der Waals surface area contributed by atoms with E-state index in [2.05, 4.69) is 24.1 Å². The Labute approximate surface area is 114 Å². The zero-order chi connectivity index (χ0) is 14.1. The van der Waals surface area contributed by atoms with Crippen LogP contribution >= 0.6 is 0 Å². The normalized spacial score (nSPS) is 11.0. The number of nitrogens with one attached hydrogen (secondary N) is 1. The molecule has 0 aliphatic rings. The Morgan fingerprint density at radius 1 is 1.53 bits per heavy atom. The monoisotopic (exact) mass is 265 g/mol. The van der Waals surface area contributed by atoms with Crippen molar-refractivity contribution in [2.24, 2.45) is 5.92 Å². The van der Waals surface area contributed by atoms with Crippen molar-refractivity contribution in [1.29, 1.82) is 0 Å². The summed E-state index contributed by atoms with van der Waals surface area (Å²) in [5, 5.41) is 11.9. The molecule has 0 unspecified atom stereocenters. The Kier molecular flexibility index (Phi) is 7.07. The quantitative estimate of drug-likeness (QED) is 0.724. The Morgan fingerprint density at radius 3 is 2.89 bits per heavy atom. The predicted octanol–water partition coefficient (Wildman–Crippen LogP) is 0.648. The molecule has 0 aromatic carbocycles. The molecule has 2 N–H and O–H groups in total. The lowest BCUT2D eigenvalue weighted by Gasteiger charge is -2.21. The molecular formula is C14H23N3O2. The number of carbonyl (C=O) groups excluding carboxylic acids is 1. The fourth-order valence-corrected chi connectivity index (χ4v) is 1.68. The average molecular weight is 265 g/mol. The fraction of sp³-hybridized carbons (Fsp3) is 0.571. The summed E-state index contributed by atoms with van der Waals surface area (Å²) in [6.45, 7) is 6.22. The second kappa shape index (κ2) is 8.61. The number of nitrogens with zero attached hydrogens (tertiary/aromatic N) is 2. The van der Waals surface area contributed by atoms with Crippen LogP contribution in [0, 0.1) is 5.92 Å². The number of hydrogen-bond acceptors (Lipinski definition) is 4. The first-order chi connectivity index (χ1) is 9.11. The van der Waals surface area contributed by atoms with Crippen LogP contribution < -0.4 is 5.32 Å². The molecule has 1 amide bonds. The first-order valence-corrected chi connectivity index (χ1v) is 6.60. The molecule has 0 saturated heterocycles. The zero-order valence-electron chi connectivity index (χ0n) is 11.7. The molecule has 0 saturated carbocycles. The van der Waals surface area contributed by atoms with Crippen molar-refractivity contribution in [2.45, 2.75) is 20.4 Å². The van der Waals surface area contributed by atoms with Gasteiger partial charge in [-0.1, -0.05) is 19.9 Å². The van der Waals surface area contributed by atoms with Crippen LogP contribution in [-0.2, 0) is 11.3 Å². The maximum atomic E-state index is 11.8. The Balaban J connectivity index is 2.46. The molecule has 0 radical (unpaired) electrons. The second-order valence-electron chi connectivity index (χ2n) is 4.99. The van der Waals surface area contributed by atoms with Gasteiger partial charge in [-0.25, -0.2) is 0 Å². The number of amides is 1. The minimum Gasteiger partial charge on any atom is -0.395 e. The van der Waals surface area contributed by atoms with Crippen molar-refractivity contribution in [3.05, 3.63) is 30.1 Å².